The number of aliphatic carboxylic acids is 1. The molecule has 0 spiro atoms. The van der Waals surface area contributed by atoms with E-state index in [1.807, 2.05) is 0 Å². The van der Waals surface area contributed by atoms with E-state index >= 15 is 0 Å². The van der Waals surface area contributed by atoms with Gasteiger partial charge in [0.1, 0.15) is 6.10 Å². The number of aliphatic hydroxyl groups is 1. The number of allylic oxidation sites excluding steroid dienone is 2. The highest BCUT2D eigenvalue weighted by Crippen LogP contribution is 2.16. The SMILES string of the molecule is CCCCCCCC/C=C\CCCCCCC(C(=O)O)[C@@H](O)C(C)=O. The van der Waals surface area contributed by atoms with E-state index < -0.39 is 23.8 Å². The van der Waals surface area contributed by atoms with Gasteiger partial charge in [0.25, 0.3) is 0 Å². The summed E-state index contributed by atoms with van der Waals surface area (Å²) in [5.41, 5.74) is 0. The second-order valence-electron chi connectivity index (χ2n) is 7.02. The van der Waals surface area contributed by atoms with E-state index in [2.05, 4.69) is 19.1 Å². The molecule has 1 unspecified atom stereocenters. The molecule has 0 aliphatic rings. The van der Waals surface area contributed by atoms with Gasteiger partial charge in [-0.3, -0.25) is 9.59 Å². The van der Waals surface area contributed by atoms with E-state index in [0.717, 1.165) is 32.1 Å². The molecule has 0 aliphatic heterocycles. The summed E-state index contributed by atoms with van der Waals surface area (Å²) in [6.07, 6.45) is 17.6. The van der Waals surface area contributed by atoms with E-state index in [1.54, 1.807) is 0 Å². The second-order valence-corrected chi connectivity index (χ2v) is 7.02. The third kappa shape index (κ3) is 13.8. The quantitative estimate of drug-likeness (QED) is 0.275. The van der Waals surface area contributed by atoms with E-state index in [1.165, 1.54) is 51.9 Å². The molecule has 2 atom stereocenters. The van der Waals surface area contributed by atoms with Crippen molar-refractivity contribution in [1.82, 2.24) is 0 Å². The Bertz CT molecular complexity index is 376. The van der Waals surface area contributed by atoms with Crippen molar-refractivity contribution in [3.63, 3.8) is 0 Å². The van der Waals surface area contributed by atoms with Crippen molar-refractivity contribution in [3.05, 3.63) is 12.2 Å². The fourth-order valence-corrected chi connectivity index (χ4v) is 2.96. The third-order valence-electron chi connectivity index (χ3n) is 4.64. The maximum atomic E-state index is 11.1. The second kappa shape index (κ2) is 16.3. The number of unbranched alkanes of at least 4 members (excludes halogenated alkanes) is 10. The zero-order chi connectivity index (χ0) is 18.9. The van der Waals surface area contributed by atoms with Crippen LogP contribution in [0.3, 0.4) is 0 Å². The van der Waals surface area contributed by atoms with Gasteiger partial charge in [-0.25, -0.2) is 0 Å². The molecule has 2 N–H and O–H groups in total. The molecule has 0 radical (unpaired) electrons. The number of carbonyl (C=O) groups is 2. The van der Waals surface area contributed by atoms with Crippen LogP contribution < -0.4 is 0 Å². The first kappa shape index (κ1) is 23.8. The molecule has 146 valence electrons. The third-order valence-corrected chi connectivity index (χ3v) is 4.64. The van der Waals surface area contributed by atoms with Crippen molar-refractivity contribution >= 4 is 11.8 Å². The number of carboxylic acids is 1. The summed E-state index contributed by atoms with van der Waals surface area (Å²) in [4.78, 5) is 22.2. The van der Waals surface area contributed by atoms with E-state index in [4.69, 9.17) is 5.11 Å². The van der Waals surface area contributed by atoms with E-state index in [-0.39, 0.29) is 0 Å². The first-order valence-corrected chi connectivity index (χ1v) is 10.1. The molecule has 0 fully saturated rings. The summed E-state index contributed by atoms with van der Waals surface area (Å²) in [6.45, 7) is 3.47. The van der Waals surface area contributed by atoms with Gasteiger partial charge in [0.05, 0.1) is 5.92 Å². The molecule has 0 aromatic heterocycles. The summed E-state index contributed by atoms with van der Waals surface area (Å²) < 4.78 is 0. The minimum atomic E-state index is -1.37. The number of hydrogen-bond donors (Lipinski definition) is 2. The Morgan fingerprint density at radius 1 is 0.840 bits per heavy atom. The van der Waals surface area contributed by atoms with Crippen LogP contribution in [0, 0.1) is 5.92 Å². The lowest BCUT2D eigenvalue weighted by molar-refractivity contribution is -0.150. The van der Waals surface area contributed by atoms with Crippen LogP contribution in [0.15, 0.2) is 12.2 Å². The van der Waals surface area contributed by atoms with Gasteiger partial charge < -0.3 is 10.2 Å². The predicted molar refractivity (Wildman–Crippen MR) is 103 cm³/mol. The van der Waals surface area contributed by atoms with Crippen molar-refractivity contribution in [2.24, 2.45) is 5.92 Å². The number of Topliss-reactive ketones (excluding diaryl/α,β-unsaturated/α-hetero) is 1. The van der Waals surface area contributed by atoms with Gasteiger partial charge in [0.15, 0.2) is 5.78 Å². The van der Waals surface area contributed by atoms with E-state index in [0.29, 0.717) is 6.42 Å². The lowest BCUT2D eigenvalue weighted by atomic mass is 9.93. The number of carboxylic acid groups (broad SMARTS) is 1. The summed E-state index contributed by atoms with van der Waals surface area (Å²) >= 11 is 0. The molecule has 0 rings (SSSR count). The normalized spacial score (nSPS) is 13.9. The fourth-order valence-electron chi connectivity index (χ4n) is 2.96. The molecule has 0 heterocycles. The van der Waals surface area contributed by atoms with Crippen LogP contribution in [0.4, 0.5) is 0 Å². The molecule has 0 saturated heterocycles. The van der Waals surface area contributed by atoms with E-state index in [9.17, 15) is 14.7 Å². The fraction of sp³-hybridized carbons (Fsp3) is 0.810. The zero-order valence-corrected chi connectivity index (χ0v) is 16.2. The van der Waals surface area contributed by atoms with Crippen molar-refractivity contribution in [2.75, 3.05) is 0 Å². The summed E-state index contributed by atoms with van der Waals surface area (Å²) in [5, 5.41) is 18.7. The molecule has 0 aliphatic carbocycles. The molecule has 0 saturated carbocycles. The standard InChI is InChI=1S/C21H38O4/c1-3-4-5-6-7-8-9-10-11-12-13-14-15-16-17-19(21(24)25)20(23)18(2)22/h10-11,19-20,23H,3-9,12-17H2,1-2H3,(H,24,25)/b11-10-/t19?,20-/m0/s1. The molecular formula is C21H38O4. The van der Waals surface area contributed by atoms with Crippen LogP contribution in [0.25, 0.3) is 0 Å². The minimum absolute atomic E-state index is 0.365. The number of hydrogen-bond acceptors (Lipinski definition) is 3. The van der Waals surface area contributed by atoms with Gasteiger partial charge in [-0.2, -0.15) is 0 Å². The average Bonchev–Trinajstić information content (AvgIpc) is 2.57. The van der Waals surface area contributed by atoms with Gasteiger partial charge in [0, 0.05) is 0 Å². The van der Waals surface area contributed by atoms with Gasteiger partial charge in [-0.1, -0.05) is 70.4 Å². The summed E-state index contributed by atoms with van der Waals surface area (Å²) in [6, 6.07) is 0. The van der Waals surface area contributed by atoms with Crippen LogP contribution in [0.2, 0.25) is 0 Å². The van der Waals surface area contributed by atoms with Crippen LogP contribution in [0.5, 0.6) is 0 Å². The number of aliphatic hydroxyl groups excluding tert-OH is 1. The Morgan fingerprint density at radius 3 is 1.80 bits per heavy atom. The Kier molecular flexibility index (Phi) is 15.6. The highest BCUT2D eigenvalue weighted by Gasteiger charge is 2.28. The van der Waals surface area contributed by atoms with Gasteiger partial charge in [-0.15, -0.1) is 0 Å². The maximum Gasteiger partial charge on any atom is 0.309 e. The summed E-state index contributed by atoms with van der Waals surface area (Å²) in [5.74, 6) is -2.52. The molecule has 0 amide bonds. The summed E-state index contributed by atoms with van der Waals surface area (Å²) in [7, 11) is 0. The predicted octanol–water partition coefficient (Wildman–Crippen LogP) is 5.28. The highest BCUT2D eigenvalue weighted by atomic mass is 16.4. The average molecular weight is 355 g/mol. The topological polar surface area (TPSA) is 74.6 Å². The first-order valence-electron chi connectivity index (χ1n) is 10.1. The van der Waals surface area contributed by atoms with Gasteiger partial charge in [-0.05, 0) is 39.0 Å². The van der Waals surface area contributed by atoms with Crippen molar-refractivity contribution < 1.29 is 19.8 Å². The molecular weight excluding hydrogens is 316 g/mol. The van der Waals surface area contributed by atoms with Crippen LogP contribution in [0.1, 0.15) is 97.3 Å². The van der Waals surface area contributed by atoms with Crippen molar-refractivity contribution in [3.8, 4) is 0 Å². The van der Waals surface area contributed by atoms with Crippen LogP contribution in [-0.2, 0) is 9.59 Å². The van der Waals surface area contributed by atoms with Crippen molar-refractivity contribution in [2.45, 2.75) is 103 Å². The Morgan fingerprint density at radius 2 is 1.32 bits per heavy atom. The Labute approximate surface area is 153 Å². The maximum absolute atomic E-state index is 11.1. The molecule has 0 aromatic carbocycles. The number of carbonyl (C=O) groups excluding carboxylic acids is 1. The van der Waals surface area contributed by atoms with Crippen LogP contribution >= 0.6 is 0 Å². The molecule has 4 heteroatoms. The lowest BCUT2D eigenvalue weighted by Crippen LogP contribution is -2.33. The lowest BCUT2D eigenvalue weighted by Gasteiger charge is -2.16. The zero-order valence-electron chi connectivity index (χ0n) is 16.2. The first-order chi connectivity index (χ1) is 12.0. The number of rotatable bonds is 17. The van der Waals surface area contributed by atoms with Gasteiger partial charge >= 0.3 is 5.97 Å². The largest absolute Gasteiger partial charge is 0.481 e. The Hall–Kier alpha value is -1.16. The monoisotopic (exact) mass is 354 g/mol. The Balaban J connectivity index is 3.55. The smallest absolute Gasteiger partial charge is 0.309 e. The minimum Gasteiger partial charge on any atom is -0.481 e. The molecule has 4 nitrogen and oxygen atoms in total. The van der Waals surface area contributed by atoms with Crippen LogP contribution in [-0.4, -0.2) is 28.1 Å². The number of ketones is 1. The van der Waals surface area contributed by atoms with Gasteiger partial charge in [0.2, 0.25) is 0 Å². The molecule has 0 aromatic rings. The molecule has 0 bridgehead atoms. The highest BCUT2D eigenvalue weighted by molar-refractivity contribution is 5.86. The van der Waals surface area contributed by atoms with Crippen molar-refractivity contribution in [1.29, 1.82) is 0 Å². The molecule has 25 heavy (non-hydrogen) atoms.